The van der Waals surface area contributed by atoms with E-state index in [-0.39, 0.29) is 24.7 Å². The molecular formula is C13H17N3O3. The van der Waals surface area contributed by atoms with E-state index in [1.54, 1.807) is 12.4 Å². The van der Waals surface area contributed by atoms with Crippen molar-refractivity contribution in [2.24, 2.45) is 0 Å². The Morgan fingerprint density at radius 2 is 2.11 bits per heavy atom. The lowest BCUT2D eigenvalue weighted by atomic mass is 10.1. The Morgan fingerprint density at radius 1 is 1.47 bits per heavy atom. The van der Waals surface area contributed by atoms with Crippen LogP contribution in [0.2, 0.25) is 0 Å². The number of hydrogen-bond acceptors (Lipinski definition) is 3. The number of urea groups is 1. The first-order chi connectivity index (χ1) is 9.08. The lowest BCUT2D eigenvalue weighted by Gasteiger charge is -2.23. The normalized spacial score (nSPS) is 15.6. The zero-order valence-corrected chi connectivity index (χ0v) is 10.7. The Kier molecular flexibility index (Phi) is 3.99. The first kappa shape index (κ1) is 13.3. The van der Waals surface area contributed by atoms with Gasteiger partial charge in [-0.15, -0.1) is 0 Å². The number of nitrogens with one attached hydrogen (secondary N) is 1. The fourth-order valence-corrected chi connectivity index (χ4v) is 1.90. The number of amides is 2. The van der Waals surface area contributed by atoms with E-state index in [0.717, 1.165) is 18.4 Å². The van der Waals surface area contributed by atoms with Crippen LogP contribution in [0.15, 0.2) is 24.5 Å². The van der Waals surface area contributed by atoms with E-state index >= 15 is 0 Å². The molecule has 0 radical (unpaired) electrons. The van der Waals surface area contributed by atoms with E-state index in [9.17, 15) is 9.59 Å². The summed E-state index contributed by atoms with van der Waals surface area (Å²) in [7, 11) is 0. The largest absolute Gasteiger partial charge is 0.480 e. The third kappa shape index (κ3) is 3.67. The Labute approximate surface area is 111 Å². The minimum Gasteiger partial charge on any atom is -0.480 e. The van der Waals surface area contributed by atoms with Gasteiger partial charge in [-0.3, -0.25) is 9.78 Å². The standard InChI is InChI=1S/C13H17N3O3/c1-9(10-4-6-14-7-5-10)15-13(19)16(8-12(17)18)11-2-3-11/h4-7,9,11H,2-3,8H2,1H3,(H,15,19)(H,17,18). The molecule has 1 heterocycles. The summed E-state index contributed by atoms with van der Waals surface area (Å²) in [5, 5.41) is 11.6. The number of aromatic nitrogens is 1. The van der Waals surface area contributed by atoms with E-state index < -0.39 is 5.97 Å². The fourth-order valence-electron chi connectivity index (χ4n) is 1.90. The molecule has 0 aromatic carbocycles. The van der Waals surface area contributed by atoms with Crippen molar-refractivity contribution in [3.8, 4) is 0 Å². The van der Waals surface area contributed by atoms with E-state index in [0.29, 0.717) is 0 Å². The maximum absolute atomic E-state index is 12.1. The molecule has 6 nitrogen and oxygen atoms in total. The van der Waals surface area contributed by atoms with Crippen LogP contribution in [0.4, 0.5) is 4.79 Å². The topological polar surface area (TPSA) is 82.5 Å². The molecule has 6 heteroatoms. The summed E-state index contributed by atoms with van der Waals surface area (Å²) >= 11 is 0. The van der Waals surface area contributed by atoms with E-state index in [2.05, 4.69) is 10.3 Å². The molecule has 19 heavy (non-hydrogen) atoms. The molecule has 1 fully saturated rings. The molecule has 1 atom stereocenters. The number of pyridine rings is 1. The van der Waals surface area contributed by atoms with Crippen LogP contribution in [0.25, 0.3) is 0 Å². The predicted molar refractivity (Wildman–Crippen MR) is 68.5 cm³/mol. The number of carboxylic acid groups (broad SMARTS) is 1. The number of hydrogen-bond donors (Lipinski definition) is 2. The molecule has 0 spiro atoms. The molecule has 1 aromatic heterocycles. The molecule has 102 valence electrons. The quantitative estimate of drug-likeness (QED) is 0.841. The van der Waals surface area contributed by atoms with Crippen LogP contribution >= 0.6 is 0 Å². The van der Waals surface area contributed by atoms with Crippen molar-refractivity contribution in [2.75, 3.05) is 6.54 Å². The Bertz CT molecular complexity index is 459. The van der Waals surface area contributed by atoms with Crippen molar-refractivity contribution in [2.45, 2.75) is 31.8 Å². The summed E-state index contributed by atoms with van der Waals surface area (Å²) in [6, 6.07) is 3.22. The highest BCUT2D eigenvalue weighted by atomic mass is 16.4. The molecule has 1 aromatic rings. The minimum atomic E-state index is -0.987. The summed E-state index contributed by atoms with van der Waals surface area (Å²) < 4.78 is 0. The molecule has 1 aliphatic rings. The maximum atomic E-state index is 12.1. The monoisotopic (exact) mass is 263 g/mol. The third-order valence-electron chi connectivity index (χ3n) is 3.10. The van der Waals surface area contributed by atoms with Gasteiger partial charge in [-0.25, -0.2) is 4.79 Å². The predicted octanol–water partition coefficient (Wildman–Crippen LogP) is 1.40. The smallest absolute Gasteiger partial charge is 0.323 e. The second kappa shape index (κ2) is 5.69. The maximum Gasteiger partial charge on any atom is 0.323 e. The van der Waals surface area contributed by atoms with E-state index in [1.165, 1.54) is 4.90 Å². The number of carbonyl (C=O) groups is 2. The Balaban J connectivity index is 1.97. The highest BCUT2D eigenvalue weighted by Gasteiger charge is 2.34. The molecule has 2 rings (SSSR count). The lowest BCUT2D eigenvalue weighted by Crippen LogP contribution is -2.44. The lowest BCUT2D eigenvalue weighted by molar-refractivity contribution is -0.137. The van der Waals surface area contributed by atoms with Crippen molar-refractivity contribution in [1.82, 2.24) is 15.2 Å². The van der Waals surface area contributed by atoms with E-state index in [1.807, 2.05) is 19.1 Å². The zero-order chi connectivity index (χ0) is 13.8. The molecule has 0 aliphatic heterocycles. The van der Waals surface area contributed by atoms with Crippen LogP contribution in [0.5, 0.6) is 0 Å². The van der Waals surface area contributed by atoms with E-state index in [4.69, 9.17) is 5.11 Å². The van der Waals surface area contributed by atoms with Gasteiger partial charge in [0.1, 0.15) is 6.54 Å². The van der Waals surface area contributed by atoms with Gasteiger partial charge in [0.25, 0.3) is 0 Å². The van der Waals surface area contributed by atoms with Crippen molar-refractivity contribution in [1.29, 1.82) is 0 Å². The van der Waals surface area contributed by atoms with Crippen molar-refractivity contribution in [3.05, 3.63) is 30.1 Å². The average Bonchev–Trinajstić information content (AvgIpc) is 3.21. The first-order valence-electron chi connectivity index (χ1n) is 6.27. The molecular weight excluding hydrogens is 246 g/mol. The van der Waals surface area contributed by atoms with Crippen LogP contribution in [0.1, 0.15) is 31.4 Å². The number of aliphatic carboxylic acids is 1. The summed E-state index contributed by atoms with van der Waals surface area (Å²) in [4.78, 5) is 28.2. The second-order valence-corrected chi connectivity index (χ2v) is 4.70. The van der Waals surface area contributed by atoms with Gasteiger partial charge >= 0.3 is 12.0 Å². The van der Waals surface area contributed by atoms with Gasteiger partial charge < -0.3 is 15.3 Å². The SMILES string of the molecule is CC(NC(=O)N(CC(=O)O)C1CC1)c1ccncc1. The molecule has 0 saturated heterocycles. The number of nitrogens with zero attached hydrogens (tertiary/aromatic N) is 2. The fraction of sp³-hybridized carbons (Fsp3) is 0.462. The Morgan fingerprint density at radius 3 is 2.63 bits per heavy atom. The highest BCUT2D eigenvalue weighted by Crippen LogP contribution is 2.27. The van der Waals surface area contributed by atoms with Crippen LogP contribution < -0.4 is 5.32 Å². The summed E-state index contributed by atoms with van der Waals surface area (Å²) in [5.41, 5.74) is 0.939. The second-order valence-electron chi connectivity index (χ2n) is 4.70. The van der Waals surface area contributed by atoms with Gasteiger partial charge in [0, 0.05) is 18.4 Å². The van der Waals surface area contributed by atoms with Crippen molar-refractivity contribution >= 4 is 12.0 Å². The molecule has 1 saturated carbocycles. The number of carbonyl (C=O) groups excluding carboxylic acids is 1. The van der Waals surface area contributed by atoms with Gasteiger partial charge in [-0.2, -0.15) is 0 Å². The van der Waals surface area contributed by atoms with Crippen LogP contribution in [0, 0.1) is 0 Å². The number of rotatable bonds is 5. The minimum absolute atomic E-state index is 0.0701. The first-order valence-corrected chi connectivity index (χ1v) is 6.27. The van der Waals surface area contributed by atoms with Gasteiger partial charge in [0.15, 0.2) is 0 Å². The molecule has 0 bridgehead atoms. The zero-order valence-electron chi connectivity index (χ0n) is 10.7. The highest BCUT2D eigenvalue weighted by molar-refractivity contribution is 5.81. The summed E-state index contributed by atoms with van der Waals surface area (Å²) in [6.07, 6.45) is 5.08. The molecule has 2 N–H and O–H groups in total. The van der Waals surface area contributed by atoms with Crippen molar-refractivity contribution in [3.63, 3.8) is 0 Å². The molecule has 2 amide bonds. The average molecular weight is 263 g/mol. The van der Waals surface area contributed by atoms with Crippen LogP contribution in [0.3, 0.4) is 0 Å². The van der Waals surface area contributed by atoms with Crippen LogP contribution in [-0.2, 0) is 4.79 Å². The van der Waals surface area contributed by atoms with Gasteiger partial charge in [0.2, 0.25) is 0 Å². The summed E-state index contributed by atoms with van der Waals surface area (Å²) in [6.45, 7) is 1.61. The molecule has 1 aliphatic carbocycles. The van der Waals surface area contributed by atoms with Crippen LogP contribution in [-0.4, -0.2) is 39.6 Å². The van der Waals surface area contributed by atoms with Gasteiger partial charge in [0.05, 0.1) is 6.04 Å². The Hall–Kier alpha value is -2.11. The van der Waals surface area contributed by atoms with Gasteiger partial charge in [-0.1, -0.05) is 0 Å². The van der Waals surface area contributed by atoms with Gasteiger partial charge in [-0.05, 0) is 37.5 Å². The summed E-state index contributed by atoms with van der Waals surface area (Å²) in [5.74, 6) is -0.987. The molecule has 1 unspecified atom stereocenters. The third-order valence-corrected chi connectivity index (χ3v) is 3.10. The van der Waals surface area contributed by atoms with Crippen molar-refractivity contribution < 1.29 is 14.7 Å². The number of carboxylic acids is 1.